The first-order valence-corrected chi connectivity index (χ1v) is 6.85. The maximum absolute atomic E-state index is 12.2. The first-order valence-electron chi connectivity index (χ1n) is 6.85. The van der Waals surface area contributed by atoms with Crippen molar-refractivity contribution in [1.29, 1.82) is 0 Å². The van der Waals surface area contributed by atoms with Crippen molar-refractivity contribution in [3.63, 3.8) is 0 Å². The second-order valence-electron chi connectivity index (χ2n) is 5.91. The van der Waals surface area contributed by atoms with Crippen molar-refractivity contribution in [2.75, 3.05) is 0 Å². The molecule has 5 aliphatic rings. The molecule has 1 saturated heterocycles. The fourth-order valence-corrected chi connectivity index (χ4v) is 4.51. The molecule has 0 amide bonds. The van der Waals surface area contributed by atoms with E-state index in [1.165, 1.54) is 11.1 Å². The van der Waals surface area contributed by atoms with Gasteiger partial charge in [0, 0.05) is 23.8 Å². The molecule has 3 aliphatic carbocycles. The topological polar surface area (TPSA) is 26.3 Å². The van der Waals surface area contributed by atoms with Crippen molar-refractivity contribution in [3.8, 4) is 0 Å². The normalized spacial score (nSPS) is 47.4. The van der Waals surface area contributed by atoms with Crippen molar-refractivity contribution in [3.05, 3.63) is 23.3 Å². The summed E-state index contributed by atoms with van der Waals surface area (Å²) >= 11 is 0. The van der Waals surface area contributed by atoms with E-state index in [-0.39, 0.29) is 12.2 Å². The lowest BCUT2D eigenvalue weighted by molar-refractivity contribution is -0.132. The predicted octanol–water partition coefficient (Wildman–Crippen LogP) is 2.65. The summed E-state index contributed by atoms with van der Waals surface area (Å²) in [4.78, 5) is 12.2. The van der Waals surface area contributed by atoms with Gasteiger partial charge in [-0.1, -0.05) is 12.2 Å². The average molecular weight is 230 g/mol. The van der Waals surface area contributed by atoms with Gasteiger partial charge in [0.25, 0.3) is 0 Å². The zero-order valence-electron chi connectivity index (χ0n) is 10.2. The molecule has 2 heterocycles. The minimum Gasteiger partial charge on any atom is -0.370 e. The standard InChI is InChI=1S/C15H18O2/c1-8-13-9-4-2-5-10(9)15(17-8)11-6-3-7-12(16)14(11)13/h2,5,8-10,13,15H,3-4,6-7H2,1H3/t8-,9-,10-,13+,15-/m1/s1. The van der Waals surface area contributed by atoms with Crippen LogP contribution in [0.2, 0.25) is 0 Å². The van der Waals surface area contributed by atoms with Gasteiger partial charge in [0.05, 0.1) is 12.2 Å². The fraction of sp³-hybridized carbons (Fsp3) is 0.667. The van der Waals surface area contributed by atoms with Gasteiger partial charge in [0.15, 0.2) is 5.78 Å². The van der Waals surface area contributed by atoms with Crippen LogP contribution in [-0.2, 0) is 9.53 Å². The zero-order chi connectivity index (χ0) is 11.6. The summed E-state index contributed by atoms with van der Waals surface area (Å²) in [6.07, 6.45) is 9.10. The van der Waals surface area contributed by atoms with Gasteiger partial charge in [0.1, 0.15) is 0 Å². The number of carbonyl (C=O) groups is 1. The minimum absolute atomic E-state index is 0.220. The number of ether oxygens (including phenoxy) is 1. The van der Waals surface area contributed by atoms with E-state index in [1.54, 1.807) is 0 Å². The van der Waals surface area contributed by atoms with Crippen LogP contribution in [0.1, 0.15) is 32.6 Å². The van der Waals surface area contributed by atoms with Crippen LogP contribution in [0.25, 0.3) is 0 Å². The molecule has 90 valence electrons. The van der Waals surface area contributed by atoms with Gasteiger partial charge >= 0.3 is 0 Å². The maximum Gasteiger partial charge on any atom is 0.159 e. The highest BCUT2D eigenvalue weighted by Gasteiger charge is 2.53. The fourth-order valence-electron chi connectivity index (χ4n) is 4.51. The first kappa shape index (κ1) is 10.1. The lowest BCUT2D eigenvalue weighted by atomic mass is 9.61. The summed E-state index contributed by atoms with van der Waals surface area (Å²) < 4.78 is 6.16. The Balaban J connectivity index is 1.87. The summed E-state index contributed by atoms with van der Waals surface area (Å²) in [6, 6.07) is 0. The zero-order valence-corrected chi connectivity index (χ0v) is 10.2. The molecule has 0 N–H and O–H groups in total. The van der Waals surface area contributed by atoms with Gasteiger partial charge in [-0.05, 0) is 37.7 Å². The number of rotatable bonds is 0. The first-order chi connectivity index (χ1) is 8.27. The lowest BCUT2D eigenvalue weighted by Crippen LogP contribution is -2.53. The number of hydrogen-bond donors (Lipinski definition) is 0. The van der Waals surface area contributed by atoms with E-state index in [0.29, 0.717) is 23.5 Å². The van der Waals surface area contributed by atoms with E-state index >= 15 is 0 Å². The van der Waals surface area contributed by atoms with Crippen LogP contribution in [0.3, 0.4) is 0 Å². The second kappa shape index (κ2) is 3.32. The molecule has 2 nitrogen and oxygen atoms in total. The van der Waals surface area contributed by atoms with E-state index in [2.05, 4.69) is 19.1 Å². The Bertz CT molecular complexity index is 446. The molecule has 0 aromatic rings. The lowest BCUT2D eigenvalue weighted by Gasteiger charge is -2.52. The Kier molecular flexibility index (Phi) is 1.97. The molecule has 17 heavy (non-hydrogen) atoms. The third kappa shape index (κ3) is 1.17. The molecule has 0 aromatic carbocycles. The largest absolute Gasteiger partial charge is 0.370 e. The van der Waals surface area contributed by atoms with E-state index in [0.717, 1.165) is 25.7 Å². The van der Waals surface area contributed by atoms with E-state index in [4.69, 9.17) is 4.74 Å². The van der Waals surface area contributed by atoms with Gasteiger partial charge < -0.3 is 4.74 Å². The van der Waals surface area contributed by atoms with Crippen LogP contribution < -0.4 is 0 Å². The number of allylic oxidation sites excluding steroid dienone is 1. The van der Waals surface area contributed by atoms with Crippen molar-refractivity contribution >= 4 is 5.78 Å². The monoisotopic (exact) mass is 230 g/mol. The highest BCUT2D eigenvalue weighted by molar-refractivity contribution is 5.98. The molecule has 5 rings (SSSR count). The molecule has 0 saturated carbocycles. The number of fused-ring (bicyclic) bond motifs is 1. The molecule has 2 bridgehead atoms. The van der Waals surface area contributed by atoms with Gasteiger partial charge in [-0.3, -0.25) is 4.79 Å². The Hall–Kier alpha value is -0.890. The Morgan fingerprint density at radius 3 is 3.12 bits per heavy atom. The highest BCUT2D eigenvalue weighted by Crippen LogP contribution is 2.54. The van der Waals surface area contributed by atoms with Crippen molar-refractivity contribution in [1.82, 2.24) is 0 Å². The summed E-state index contributed by atoms with van der Waals surface area (Å²) in [5.41, 5.74) is 2.54. The Morgan fingerprint density at radius 1 is 1.35 bits per heavy atom. The van der Waals surface area contributed by atoms with Crippen molar-refractivity contribution in [2.24, 2.45) is 17.8 Å². The van der Waals surface area contributed by atoms with Crippen LogP contribution in [0, 0.1) is 17.8 Å². The third-order valence-corrected chi connectivity index (χ3v) is 5.11. The minimum atomic E-state index is 0.220. The van der Waals surface area contributed by atoms with Crippen molar-refractivity contribution < 1.29 is 9.53 Å². The number of Topliss-reactive ketones (excluding diaryl/α,β-unsaturated/α-hetero) is 1. The van der Waals surface area contributed by atoms with E-state index in [1.807, 2.05) is 0 Å². The van der Waals surface area contributed by atoms with Crippen molar-refractivity contribution in [2.45, 2.75) is 44.8 Å². The molecule has 0 aromatic heterocycles. The SMILES string of the molecule is C[C@H]1O[C@H]2C3=C(C(=O)CCC3)[C@@H]1[C@@H]1CC=C[C@H]12. The van der Waals surface area contributed by atoms with Crippen LogP contribution in [0.5, 0.6) is 0 Å². The average Bonchev–Trinajstić information content (AvgIpc) is 2.79. The molecule has 5 atom stereocenters. The Labute approximate surface area is 102 Å². The molecular formula is C15H18O2. The van der Waals surface area contributed by atoms with Crippen LogP contribution in [0.15, 0.2) is 23.3 Å². The molecule has 2 aliphatic heterocycles. The quantitative estimate of drug-likeness (QED) is 0.598. The van der Waals surface area contributed by atoms with Gasteiger partial charge in [0.2, 0.25) is 0 Å². The summed E-state index contributed by atoms with van der Waals surface area (Å²) in [7, 11) is 0. The van der Waals surface area contributed by atoms with E-state index in [9.17, 15) is 4.79 Å². The van der Waals surface area contributed by atoms with Gasteiger partial charge in [-0.25, -0.2) is 0 Å². The van der Waals surface area contributed by atoms with E-state index < -0.39 is 0 Å². The summed E-state index contributed by atoms with van der Waals surface area (Å²) in [6.45, 7) is 2.15. The van der Waals surface area contributed by atoms with Gasteiger partial charge in [-0.2, -0.15) is 0 Å². The van der Waals surface area contributed by atoms with Gasteiger partial charge in [-0.15, -0.1) is 0 Å². The van der Waals surface area contributed by atoms with Crippen LogP contribution in [0.4, 0.5) is 0 Å². The predicted molar refractivity (Wildman–Crippen MR) is 64.4 cm³/mol. The molecule has 1 fully saturated rings. The smallest absolute Gasteiger partial charge is 0.159 e. The molecule has 0 spiro atoms. The van der Waals surface area contributed by atoms with Crippen LogP contribution in [-0.4, -0.2) is 18.0 Å². The number of ketones is 1. The Morgan fingerprint density at radius 2 is 2.24 bits per heavy atom. The summed E-state index contributed by atoms with van der Waals surface area (Å²) in [5, 5.41) is 0. The molecule has 0 radical (unpaired) electrons. The second-order valence-corrected chi connectivity index (χ2v) is 5.91. The molecule has 2 heteroatoms. The number of hydrogen-bond acceptors (Lipinski definition) is 2. The number of carbonyl (C=O) groups excluding carboxylic acids is 1. The summed E-state index contributed by atoms with van der Waals surface area (Å²) in [5.74, 6) is 2.00. The third-order valence-electron chi connectivity index (χ3n) is 5.11. The highest BCUT2D eigenvalue weighted by atomic mass is 16.5. The molecule has 0 unspecified atom stereocenters. The maximum atomic E-state index is 12.2. The molecular weight excluding hydrogens is 212 g/mol. The van der Waals surface area contributed by atoms with Crippen LogP contribution >= 0.6 is 0 Å².